The van der Waals surface area contributed by atoms with Crippen molar-refractivity contribution in [1.82, 2.24) is 5.43 Å². The van der Waals surface area contributed by atoms with E-state index < -0.39 is 6.61 Å². The van der Waals surface area contributed by atoms with Crippen LogP contribution in [0.15, 0.2) is 45.9 Å². The Morgan fingerprint density at radius 2 is 2.05 bits per heavy atom. The molecular formula is C15H10F2N2O3. The number of carbonyl (C=O) groups is 1. The molecule has 0 unspecified atom stereocenters. The molecule has 0 radical (unpaired) electrons. The highest BCUT2D eigenvalue weighted by molar-refractivity contribution is 6.14. The molecule has 112 valence electrons. The number of hydrogen-bond donors (Lipinski definition) is 1. The zero-order valence-corrected chi connectivity index (χ0v) is 11.1. The van der Waals surface area contributed by atoms with Crippen LogP contribution >= 0.6 is 0 Å². The highest BCUT2D eigenvalue weighted by atomic mass is 19.3. The molecule has 3 aromatic rings. The number of nitrogens with one attached hydrogen (secondary N) is 1. The topological polar surface area (TPSA) is 63.8 Å². The van der Waals surface area contributed by atoms with Gasteiger partial charge in [-0.05, 0) is 18.2 Å². The lowest BCUT2D eigenvalue weighted by Crippen LogP contribution is -2.03. The van der Waals surface area contributed by atoms with Gasteiger partial charge in [-0.1, -0.05) is 18.2 Å². The minimum Gasteiger partial charge on any atom is -0.452 e. The van der Waals surface area contributed by atoms with Crippen LogP contribution in [0.25, 0.3) is 21.9 Å². The third kappa shape index (κ3) is 2.48. The van der Waals surface area contributed by atoms with Crippen molar-refractivity contribution in [1.29, 1.82) is 0 Å². The number of para-hydroxylation sites is 1. The highest BCUT2D eigenvalue weighted by Crippen LogP contribution is 2.37. The second-order valence-electron chi connectivity index (χ2n) is 4.34. The number of alkyl halides is 2. The lowest BCUT2D eigenvalue weighted by Gasteiger charge is -2.06. The molecule has 0 saturated heterocycles. The quantitative estimate of drug-likeness (QED) is 0.447. The van der Waals surface area contributed by atoms with E-state index in [2.05, 4.69) is 15.3 Å². The molecule has 0 fully saturated rings. The summed E-state index contributed by atoms with van der Waals surface area (Å²) in [5.74, 6) is -0.0540. The van der Waals surface area contributed by atoms with Gasteiger partial charge in [-0.15, -0.1) is 0 Å². The Morgan fingerprint density at radius 3 is 2.82 bits per heavy atom. The minimum atomic E-state index is -2.95. The molecule has 1 aromatic heterocycles. The van der Waals surface area contributed by atoms with Gasteiger partial charge < -0.3 is 9.15 Å². The number of furan rings is 1. The largest absolute Gasteiger partial charge is 0.452 e. The fourth-order valence-electron chi connectivity index (χ4n) is 2.26. The first-order valence-corrected chi connectivity index (χ1v) is 6.32. The second kappa shape index (κ2) is 5.80. The third-order valence-electron chi connectivity index (χ3n) is 3.07. The molecule has 22 heavy (non-hydrogen) atoms. The van der Waals surface area contributed by atoms with Gasteiger partial charge in [0.05, 0.1) is 6.21 Å². The number of ether oxygens (including phenoxy) is 1. The van der Waals surface area contributed by atoms with Crippen molar-refractivity contribution in [3.63, 3.8) is 0 Å². The van der Waals surface area contributed by atoms with Crippen molar-refractivity contribution in [3.05, 3.63) is 42.0 Å². The maximum atomic E-state index is 12.5. The predicted octanol–water partition coefficient (Wildman–Crippen LogP) is 3.27. The van der Waals surface area contributed by atoms with E-state index in [4.69, 9.17) is 4.42 Å². The molecule has 0 spiro atoms. The molecule has 0 bridgehead atoms. The molecule has 0 atom stereocenters. The van der Waals surface area contributed by atoms with Crippen LogP contribution in [0, 0.1) is 0 Å². The molecule has 1 amide bonds. The third-order valence-corrected chi connectivity index (χ3v) is 3.07. The molecule has 0 aliphatic carbocycles. The average Bonchev–Trinajstić information content (AvgIpc) is 2.89. The van der Waals surface area contributed by atoms with Crippen molar-refractivity contribution < 1.29 is 22.7 Å². The van der Waals surface area contributed by atoms with Gasteiger partial charge >= 0.3 is 6.61 Å². The molecule has 5 nitrogen and oxygen atoms in total. The zero-order valence-electron chi connectivity index (χ0n) is 11.1. The van der Waals surface area contributed by atoms with Crippen LogP contribution in [0.5, 0.6) is 5.75 Å². The smallest absolute Gasteiger partial charge is 0.387 e. The van der Waals surface area contributed by atoms with E-state index in [-0.39, 0.29) is 11.3 Å². The molecule has 1 heterocycles. The van der Waals surface area contributed by atoms with E-state index in [1.165, 1.54) is 12.3 Å². The van der Waals surface area contributed by atoms with Crippen LogP contribution in [0.4, 0.5) is 8.78 Å². The van der Waals surface area contributed by atoms with Crippen LogP contribution in [0.1, 0.15) is 5.56 Å². The Hall–Kier alpha value is -2.96. The Kier molecular flexibility index (Phi) is 3.69. The Morgan fingerprint density at radius 1 is 1.23 bits per heavy atom. The van der Waals surface area contributed by atoms with Crippen LogP contribution in [0.3, 0.4) is 0 Å². The van der Waals surface area contributed by atoms with E-state index in [1.54, 1.807) is 24.3 Å². The summed E-state index contributed by atoms with van der Waals surface area (Å²) in [4.78, 5) is 10.2. The van der Waals surface area contributed by atoms with E-state index in [1.807, 2.05) is 6.07 Å². The minimum absolute atomic E-state index is 0.0540. The van der Waals surface area contributed by atoms with Crippen molar-refractivity contribution >= 4 is 34.6 Å². The number of halogens is 2. The number of nitrogens with zero attached hydrogens (tertiary/aromatic N) is 1. The number of carbonyl (C=O) groups excluding carboxylic acids is 1. The summed E-state index contributed by atoms with van der Waals surface area (Å²) in [6.07, 6.45) is 1.83. The Labute approximate surface area is 123 Å². The Bertz CT molecular complexity index is 858. The van der Waals surface area contributed by atoms with E-state index in [9.17, 15) is 13.6 Å². The SMILES string of the molecule is O=CN/N=C\c1ccc(OC(F)F)c2oc3ccccc3c12. The summed E-state index contributed by atoms with van der Waals surface area (Å²) in [5, 5.41) is 5.04. The summed E-state index contributed by atoms with van der Waals surface area (Å²) in [7, 11) is 0. The van der Waals surface area contributed by atoms with Gasteiger partial charge in [0, 0.05) is 16.3 Å². The van der Waals surface area contributed by atoms with Gasteiger partial charge in [0.2, 0.25) is 6.41 Å². The first-order valence-electron chi connectivity index (χ1n) is 6.32. The standard InChI is InChI=1S/C15H10F2N2O3/c16-15(17)22-12-6-5-9(7-18-19-8-20)13-10-3-1-2-4-11(10)21-14(12)13/h1-8,15H,(H,19,20)/b18-7-. The maximum Gasteiger partial charge on any atom is 0.387 e. The fourth-order valence-corrected chi connectivity index (χ4v) is 2.26. The molecule has 0 aliphatic rings. The summed E-state index contributed by atoms with van der Waals surface area (Å²) in [5.41, 5.74) is 3.51. The Balaban J connectivity index is 2.26. The monoisotopic (exact) mass is 304 g/mol. The summed E-state index contributed by atoms with van der Waals surface area (Å²) in [6, 6.07) is 10.1. The van der Waals surface area contributed by atoms with Crippen molar-refractivity contribution in [2.24, 2.45) is 5.10 Å². The number of hydrazone groups is 1. The van der Waals surface area contributed by atoms with Gasteiger partial charge in [-0.2, -0.15) is 13.9 Å². The summed E-state index contributed by atoms with van der Waals surface area (Å²) >= 11 is 0. The number of amides is 1. The maximum absolute atomic E-state index is 12.5. The van der Waals surface area contributed by atoms with Crippen molar-refractivity contribution in [2.75, 3.05) is 0 Å². The predicted molar refractivity (Wildman–Crippen MR) is 77.1 cm³/mol. The average molecular weight is 304 g/mol. The molecule has 2 aromatic carbocycles. The van der Waals surface area contributed by atoms with Crippen molar-refractivity contribution in [3.8, 4) is 5.75 Å². The lowest BCUT2D eigenvalue weighted by atomic mass is 10.1. The number of hydrogen-bond acceptors (Lipinski definition) is 4. The molecular weight excluding hydrogens is 294 g/mol. The van der Waals surface area contributed by atoms with Crippen LogP contribution in [-0.4, -0.2) is 19.2 Å². The van der Waals surface area contributed by atoms with Gasteiger partial charge in [-0.25, -0.2) is 5.43 Å². The molecule has 0 aliphatic heterocycles. The number of rotatable bonds is 5. The van der Waals surface area contributed by atoms with E-state index in [0.29, 0.717) is 22.9 Å². The van der Waals surface area contributed by atoms with Crippen LogP contribution < -0.4 is 10.2 Å². The second-order valence-corrected chi connectivity index (χ2v) is 4.34. The van der Waals surface area contributed by atoms with Gasteiger partial charge in [-0.3, -0.25) is 4.79 Å². The van der Waals surface area contributed by atoms with E-state index in [0.717, 1.165) is 5.39 Å². The summed E-state index contributed by atoms with van der Waals surface area (Å²) in [6.45, 7) is -2.95. The van der Waals surface area contributed by atoms with E-state index >= 15 is 0 Å². The molecule has 7 heteroatoms. The zero-order chi connectivity index (χ0) is 15.5. The van der Waals surface area contributed by atoms with Crippen LogP contribution in [0.2, 0.25) is 0 Å². The fraction of sp³-hybridized carbons (Fsp3) is 0.0667. The molecule has 3 rings (SSSR count). The van der Waals surface area contributed by atoms with Crippen LogP contribution in [-0.2, 0) is 4.79 Å². The first-order chi connectivity index (χ1) is 10.7. The highest BCUT2D eigenvalue weighted by Gasteiger charge is 2.17. The molecule has 1 N–H and O–H groups in total. The van der Waals surface area contributed by atoms with Gasteiger partial charge in [0.25, 0.3) is 0 Å². The van der Waals surface area contributed by atoms with Gasteiger partial charge in [0.15, 0.2) is 11.3 Å². The summed E-state index contributed by atoms with van der Waals surface area (Å²) < 4.78 is 35.1. The normalized spacial score (nSPS) is 11.6. The first kappa shape index (κ1) is 14.0. The van der Waals surface area contributed by atoms with Crippen molar-refractivity contribution in [2.45, 2.75) is 6.61 Å². The van der Waals surface area contributed by atoms with Gasteiger partial charge in [0.1, 0.15) is 5.58 Å². The molecule has 0 saturated carbocycles. The number of benzene rings is 2. The lowest BCUT2D eigenvalue weighted by molar-refractivity contribution is -0.109. The number of fused-ring (bicyclic) bond motifs is 3.